The summed E-state index contributed by atoms with van der Waals surface area (Å²) in [6.07, 6.45) is 4.59. The van der Waals surface area contributed by atoms with Gasteiger partial charge in [-0.15, -0.1) is 0 Å². The summed E-state index contributed by atoms with van der Waals surface area (Å²) in [5, 5.41) is 12.0. The van der Waals surface area contributed by atoms with E-state index in [-0.39, 0.29) is 24.8 Å². The second-order valence-corrected chi connectivity index (χ2v) is 4.88. The predicted molar refractivity (Wildman–Crippen MR) is 63.8 cm³/mol. The molecular formula is C12H22N2O3. The van der Waals surface area contributed by atoms with Gasteiger partial charge in [0, 0.05) is 13.1 Å². The number of carbonyl (C=O) groups is 1. The topological polar surface area (TPSA) is 61.8 Å². The van der Waals surface area contributed by atoms with Crippen molar-refractivity contribution in [2.24, 2.45) is 0 Å². The van der Waals surface area contributed by atoms with Crippen molar-refractivity contribution in [3.8, 4) is 0 Å². The molecule has 2 aliphatic rings. The van der Waals surface area contributed by atoms with E-state index >= 15 is 0 Å². The number of rotatable bonds is 5. The van der Waals surface area contributed by atoms with E-state index < -0.39 is 0 Å². The number of aliphatic hydroxyl groups is 1. The molecule has 2 rings (SSSR count). The molecule has 2 saturated heterocycles. The minimum Gasteiger partial charge on any atom is -0.395 e. The zero-order chi connectivity index (χ0) is 12.3. The second-order valence-electron chi connectivity index (χ2n) is 4.88. The van der Waals surface area contributed by atoms with Gasteiger partial charge in [-0.2, -0.15) is 0 Å². The summed E-state index contributed by atoms with van der Waals surface area (Å²) in [6.45, 7) is 3.13. The van der Waals surface area contributed by atoms with Crippen molar-refractivity contribution in [2.45, 2.75) is 50.9 Å². The van der Waals surface area contributed by atoms with Crippen LogP contribution in [0, 0.1) is 0 Å². The highest BCUT2D eigenvalue weighted by atomic mass is 16.5. The maximum atomic E-state index is 12.0. The van der Waals surface area contributed by atoms with Gasteiger partial charge in [-0.1, -0.05) is 6.92 Å². The molecule has 5 nitrogen and oxygen atoms in total. The van der Waals surface area contributed by atoms with Gasteiger partial charge in [0.25, 0.3) is 0 Å². The van der Waals surface area contributed by atoms with Crippen molar-refractivity contribution in [1.82, 2.24) is 10.2 Å². The van der Waals surface area contributed by atoms with Gasteiger partial charge in [-0.05, 0) is 25.7 Å². The summed E-state index contributed by atoms with van der Waals surface area (Å²) in [6, 6.07) is 0.0985. The van der Waals surface area contributed by atoms with Crippen LogP contribution in [-0.4, -0.2) is 54.0 Å². The highest BCUT2D eigenvalue weighted by molar-refractivity contribution is 5.74. The number of ether oxygens (including phenoxy) is 1. The van der Waals surface area contributed by atoms with Crippen LogP contribution in [0.4, 0.5) is 4.79 Å². The molecule has 2 heterocycles. The summed E-state index contributed by atoms with van der Waals surface area (Å²) >= 11 is 0. The molecule has 2 N–H and O–H groups in total. The van der Waals surface area contributed by atoms with E-state index in [1.165, 1.54) is 0 Å². The molecular weight excluding hydrogens is 220 g/mol. The van der Waals surface area contributed by atoms with Crippen LogP contribution in [0.1, 0.15) is 32.6 Å². The van der Waals surface area contributed by atoms with E-state index in [4.69, 9.17) is 9.84 Å². The van der Waals surface area contributed by atoms with Crippen molar-refractivity contribution in [1.29, 1.82) is 0 Å². The standard InChI is InChI=1S/C12H22N2O3/c1-2-5-14(6-7-15)12(16)13-10-8-9-3-4-11(10)17-9/h9-11,15H,2-8H2,1H3,(H,13,16). The largest absolute Gasteiger partial charge is 0.395 e. The Morgan fingerprint density at radius 2 is 2.29 bits per heavy atom. The Labute approximate surface area is 102 Å². The zero-order valence-corrected chi connectivity index (χ0v) is 10.4. The summed E-state index contributed by atoms with van der Waals surface area (Å²) in [5.74, 6) is 0. The Kier molecular flexibility index (Phi) is 4.23. The molecule has 0 aromatic heterocycles. The Morgan fingerprint density at radius 3 is 2.82 bits per heavy atom. The van der Waals surface area contributed by atoms with E-state index in [1.807, 2.05) is 6.92 Å². The molecule has 2 aliphatic heterocycles. The van der Waals surface area contributed by atoms with Crippen molar-refractivity contribution in [3.63, 3.8) is 0 Å². The summed E-state index contributed by atoms with van der Waals surface area (Å²) < 4.78 is 5.70. The number of carbonyl (C=O) groups excluding carboxylic acids is 1. The molecule has 98 valence electrons. The summed E-state index contributed by atoms with van der Waals surface area (Å²) in [5.41, 5.74) is 0. The Hall–Kier alpha value is -0.810. The van der Waals surface area contributed by atoms with Crippen LogP contribution in [0.2, 0.25) is 0 Å². The third-order valence-electron chi connectivity index (χ3n) is 3.57. The first-order valence-electron chi connectivity index (χ1n) is 6.56. The van der Waals surface area contributed by atoms with Crippen molar-refractivity contribution in [2.75, 3.05) is 19.7 Å². The molecule has 0 aromatic carbocycles. The van der Waals surface area contributed by atoms with E-state index in [0.29, 0.717) is 19.2 Å². The third-order valence-corrected chi connectivity index (χ3v) is 3.57. The van der Waals surface area contributed by atoms with E-state index in [9.17, 15) is 4.79 Å². The van der Waals surface area contributed by atoms with Gasteiger partial charge >= 0.3 is 6.03 Å². The molecule has 0 radical (unpaired) electrons. The molecule has 0 saturated carbocycles. The number of amides is 2. The number of fused-ring (bicyclic) bond motifs is 2. The van der Waals surface area contributed by atoms with Gasteiger partial charge in [0.05, 0.1) is 24.9 Å². The fraction of sp³-hybridized carbons (Fsp3) is 0.917. The van der Waals surface area contributed by atoms with Crippen LogP contribution in [-0.2, 0) is 4.74 Å². The Balaban J connectivity index is 1.82. The number of hydrogen-bond donors (Lipinski definition) is 2. The van der Waals surface area contributed by atoms with E-state index in [0.717, 1.165) is 25.7 Å². The molecule has 2 bridgehead atoms. The lowest BCUT2D eigenvalue weighted by molar-refractivity contribution is 0.0966. The van der Waals surface area contributed by atoms with Crippen molar-refractivity contribution >= 4 is 6.03 Å². The quantitative estimate of drug-likeness (QED) is 0.746. The second kappa shape index (κ2) is 5.69. The molecule has 5 heteroatoms. The number of urea groups is 1. The smallest absolute Gasteiger partial charge is 0.317 e. The van der Waals surface area contributed by atoms with E-state index in [1.54, 1.807) is 4.90 Å². The average Bonchev–Trinajstić information content (AvgIpc) is 2.90. The van der Waals surface area contributed by atoms with Crippen LogP contribution in [0.3, 0.4) is 0 Å². The molecule has 3 atom stereocenters. The number of hydrogen-bond acceptors (Lipinski definition) is 3. The number of nitrogens with zero attached hydrogens (tertiary/aromatic N) is 1. The third kappa shape index (κ3) is 2.90. The number of aliphatic hydroxyl groups excluding tert-OH is 1. The van der Waals surface area contributed by atoms with Crippen LogP contribution in [0.5, 0.6) is 0 Å². The first-order chi connectivity index (χ1) is 8.24. The molecule has 0 aliphatic carbocycles. The van der Waals surface area contributed by atoms with Crippen LogP contribution >= 0.6 is 0 Å². The first kappa shape index (κ1) is 12.6. The highest BCUT2D eigenvalue weighted by Crippen LogP contribution is 2.34. The molecule has 3 unspecified atom stereocenters. The van der Waals surface area contributed by atoms with Crippen LogP contribution in [0.25, 0.3) is 0 Å². The Morgan fingerprint density at radius 1 is 1.47 bits per heavy atom. The zero-order valence-electron chi connectivity index (χ0n) is 10.4. The number of nitrogens with one attached hydrogen (secondary N) is 1. The van der Waals surface area contributed by atoms with Gasteiger partial charge in [-0.25, -0.2) is 4.79 Å². The minimum atomic E-state index is -0.0675. The molecule has 2 fully saturated rings. The van der Waals surface area contributed by atoms with E-state index in [2.05, 4.69) is 5.32 Å². The van der Waals surface area contributed by atoms with Crippen LogP contribution in [0.15, 0.2) is 0 Å². The lowest BCUT2D eigenvalue weighted by Gasteiger charge is -2.26. The fourth-order valence-corrected chi connectivity index (χ4v) is 2.75. The monoisotopic (exact) mass is 242 g/mol. The van der Waals surface area contributed by atoms with Gasteiger partial charge in [-0.3, -0.25) is 0 Å². The lowest BCUT2D eigenvalue weighted by atomic mass is 9.96. The maximum Gasteiger partial charge on any atom is 0.317 e. The predicted octanol–water partition coefficient (Wildman–Crippen LogP) is 0.720. The molecule has 2 amide bonds. The molecule has 0 spiro atoms. The highest BCUT2D eigenvalue weighted by Gasteiger charge is 2.41. The summed E-state index contributed by atoms with van der Waals surface area (Å²) in [4.78, 5) is 13.7. The SMILES string of the molecule is CCCN(CCO)C(=O)NC1CC2CCC1O2. The average molecular weight is 242 g/mol. The maximum absolute atomic E-state index is 12.0. The van der Waals surface area contributed by atoms with Gasteiger partial charge < -0.3 is 20.1 Å². The first-order valence-corrected chi connectivity index (χ1v) is 6.56. The lowest BCUT2D eigenvalue weighted by Crippen LogP contribution is -2.49. The molecule has 0 aromatic rings. The van der Waals surface area contributed by atoms with Crippen molar-refractivity contribution in [3.05, 3.63) is 0 Å². The van der Waals surface area contributed by atoms with Gasteiger partial charge in [0.15, 0.2) is 0 Å². The summed E-state index contributed by atoms with van der Waals surface area (Å²) in [7, 11) is 0. The normalized spacial score (nSPS) is 30.6. The van der Waals surface area contributed by atoms with Crippen molar-refractivity contribution < 1.29 is 14.6 Å². The molecule has 17 heavy (non-hydrogen) atoms. The fourth-order valence-electron chi connectivity index (χ4n) is 2.75. The Bertz CT molecular complexity index is 266. The van der Waals surface area contributed by atoms with Gasteiger partial charge in [0.1, 0.15) is 0 Å². The van der Waals surface area contributed by atoms with Crippen LogP contribution < -0.4 is 5.32 Å². The van der Waals surface area contributed by atoms with Gasteiger partial charge in [0.2, 0.25) is 0 Å². The minimum absolute atomic E-state index is 0.0145.